The van der Waals surface area contributed by atoms with Crippen LogP contribution in [0.4, 0.5) is 4.79 Å². The molecule has 1 aliphatic rings. The molecule has 1 aromatic rings. The van der Waals surface area contributed by atoms with Crippen LogP contribution in [0.1, 0.15) is 11.7 Å². The molecule has 14 heavy (non-hydrogen) atoms. The van der Waals surface area contributed by atoms with E-state index >= 15 is 0 Å². The molecule has 1 N–H and O–H groups in total. The minimum Gasteiger partial charge on any atom is -0.414 e. The van der Waals surface area contributed by atoms with Crippen molar-refractivity contribution < 1.29 is 19.2 Å². The number of benzene rings is 1. The highest BCUT2D eigenvalue weighted by molar-refractivity contribution is 5.86. The van der Waals surface area contributed by atoms with Gasteiger partial charge in [0.05, 0.1) is 0 Å². The van der Waals surface area contributed by atoms with Gasteiger partial charge in [0.2, 0.25) is 6.10 Å². The van der Waals surface area contributed by atoms with E-state index in [2.05, 4.69) is 4.84 Å². The van der Waals surface area contributed by atoms with Crippen LogP contribution in [0.5, 0.6) is 0 Å². The lowest BCUT2D eigenvalue weighted by molar-refractivity contribution is -0.152. The number of carbonyl (C=O) groups excluding carboxylic acids is 2. The molecule has 0 aromatic heterocycles. The lowest BCUT2D eigenvalue weighted by Crippen LogP contribution is -2.39. The molecule has 1 unspecified atom stereocenters. The van der Waals surface area contributed by atoms with Crippen LogP contribution < -0.4 is 5.48 Å². The Balaban J connectivity index is 2.24. The van der Waals surface area contributed by atoms with Crippen molar-refractivity contribution in [1.29, 1.82) is 0 Å². The van der Waals surface area contributed by atoms with Crippen molar-refractivity contribution in [2.75, 3.05) is 0 Å². The Morgan fingerprint density at radius 2 is 1.86 bits per heavy atom. The first-order chi connectivity index (χ1) is 6.77. The maximum Gasteiger partial charge on any atom is 0.534 e. The number of ether oxygens (including phenoxy) is 1. The largest absolute Gasteiger partial charge is 0.534 e. The summed E-state index contributed by atoms with van der Waals surface area (Å²) in [6, 6.07) is 8.71. The standard InChI is InChI=1S/C9H7NO4/c11-8-7(13-9(12)14-10-8)6-4-2-1-3-5-6/h1-5,7H,(H,10,11). The molecule has 1 fully saturated rings. The van der Waals surface area contributed by atoms with Crippen molar-refractivity contribution in [3.8, 4) is 0 Å². The fraction of sp³-hybridized carbons (Fsp3) is 0.111. The fourth-order valence-corrected chi connectivity index (χ4v) is 1.17. The van der Waals surface area contributed by atoms with Gasteiger partial charge in [0.15, 0.2) is 0 Å². The summed E-state index contributed by atoms with van der Waals surface area (Å²) in [6.45, 7) is 0. The summed E-state index contributed by atoms with van der Waals surface area (Å²) in [6.07, 6.45) is -1.82. The van der Waals surface area contributed by atoms with Gasteiger partial charge in [0, 0.05) is 5.56 Å². The van der Waals surface area contributed by atoms with Gasteiger partial charge in [0.25, 0.3) is 5.91 Å². The van der Waals surface area contributed by atoms with E-state index in [1.165, 1.54) is 0 Å². The summed E-state index contributed by atoms with van der Waals surface area (Å²) in [5.41, 5.74) is 2.58. The van der Waals surface area contributed by atoms with Crippen LogP contribution >= 0.6 is 0 Å². The lowest BCUT2D eigenvalue weighted by atomic mass is 10.1. The number of hydroxylamine groups is 1. The Morgan fingerprint density at radius 3 is 2.57 bits per heavy atom. The zero-order valence-corrected chi connectivity index (χ0v) is 7.10. The Labute approximate surface area is 79.6 Å². The molecule has 0 saturated carbocycles. The first-order valence-electron chi connectivity index (χ1n) is 3.99. The van der Waals surface area contributed by atoms with Gasteiger partial charge in [-0.2, -0.15) is 5.48 Å². The summed E-state index contributed by atoms with van der Waals surface area (Å²) < 4.78 is 4.71. The smallest absolute Gasteiger partial charge is 0.414 e. The number of cyclic esters (lactones) is 1. The van der Waals surface area contributed by atoms with Crippen molar-refractivity contribution in [2.45, 2.75) is 6.10 Å². The fourth-order valence-electron chi connectivity index (χ4n) is 1.17. The van der Waals surface area contributed by atoms with Gasteiger partial charge in [-0.05, 0) is 0 Å². The van der Waals surface area contributed by atoms with Crippen molar-refractivity contribution in [2.24, 2.45) is 0 Å². The Morgan fingerprint density at radius 1 is 1.14 bits per heavy atom. The Bertz CT molecular complexity index is 362. The van der Waals surface area contributed by atoms with Gasteiger partial charge >= 0.3 is 6.16 Å². The third kappa shape index (κ3) is 1.52. The highest BCUT2D eigenvalue weighted by atomic mass is 16.8. The van der Waals surface area contributed by atoms with Crippen LogP contribution in [-0.4, -0.2) is 12.1 Å². The zero-order valence-electron chi connectivity index (χ0n) is 7.10. The molecule has 0 radical (unpaired) electrons. The van der Waals surface area contributed by atoms with Crippen LogP contribution in [0, 0.1) is 0 Å². The summed E-state index contributed by atoms with van der Waals surface area (Å²) in [5.74, 6) is -0.490. The average Bonchev–Trinajstić information content (AvgIpc) is 2.23. The van der Waals surface area contributed by atoms with Crippen molar-refractivity contribution >= 4 is 12.1 Å². The second-order valence-electron chi connectivity index (χ2n) is 2.73. The average molecular weight is 193 g/mol. The van der Waals surface area contributed by atoms with E-state index < -0.39 is 18.2 Å². The normalized spacial score (nSPS) is 20.7. The van der Waals surface area contributed by atoms with E-state index in [1.54, 1.807) is 24.3 Å². The molecule has 72 valence electrons. The van der Waals surface area contributed by atoms with Gasteiger partial charge in [-0.15, -0.1) is 0 Å². The van der Waals surface area contributed by atoms with Gasteiger partial charge in [-0.1, -0.05) is 30.3 Å². The number of rotatable bonds is 1. The molecular weight excluding hydrogens is 186 g/mol. The summed E-state index contributed by atoms with van der Waals surface area (Å²) in [7, 11) is 0. The quantitative estimate of drug-likeness (QED) is 0.673. The van der Waals surface area contributed by atoms with Gasteiger partial charge < -0.3 is 9.57 Å². The van der Waals surface area contributed by atoms with Crippen LogP contribution in [0.3, 0.4) is 0 Å². The predicted octanol–water partition coefficient (Wildman–Crippen LogP) is 0.926. The van der Waals surface area contributed by atoms with Crippen molar-refractivity contribution in [1.82, 2.24) is 5.48 Å². The molecule has 1 atom stereocenters. The first kappa shape index (κ1) is 8.55. The van der Waals surface area contributed by atoms with Crippen LogP contribution in [0.25, 0.3) is 0 Å². The lowest BCUT2D eigenvalue weighted by Gasteiger charge is -2.21. The van der Waals surface area contributed by atoms with E-state index in [4.69, 9.17) is 4.74 Å². The molecule has 5 nitrogen and oxygen atoms in total. The van der Waals surface area contributed by atoms with Crippen molar-refractivity contribution in [3.63, 3.8) is 0 Å². The molecule has 0 aliphatic carbocycles. The molecular formula is C9H7NO4. The second kappa shape index (κ2) is 3.37. The van der Waals surface area contributed by atoms with E-state index in [0.717, 1.165) is 0 Å². The molecule has 2 rings (SSSR count). The Kier molecular flexibility index (Phi) is 2.06. The monoisotopic (exact) mass is 193 g/mol. The van der Waals surface area contributed by atoms with Crippen molar-refractivity contribution in [3.05, 3.63) is 35.9 Å². The second-order valence-corrected chi connectivity index (χ2v) is 2.73. The topological polar surface area (TPSA) is 64.6 Å². The molecule has 1 aliphatic heterocycles. The van der Waals surface area contributed by atoms with Crippen LogP contribution in [-0.2, 0) is 14.4 Å². The molecule has 1 aromatic carbocycles. The van der Waals surface area contributed by atoms with Gasteiger partial charge in [-0.3, -0.25) is 4.79 Å². The SMILES string of the molecule is O=C1ONC(=O)C(c2ccccc2)O1. The predicted molar refractivity (Wildman–Crippen MR) is 44.9 cm³/mol. The summed E-state index contributed by atoms with van der Waals surface area (Å²) in [4.78, 5) is 26.1. The highest BCUT2D eigenvalue weighted by Crippen LogP contribution is 2.20. The minimum absolute atomic E-state index is 0.490. The van der Waals surface area contributed by atoms with Gasteiger partial charge in [-0.25, -0.2) is 4.79 Å². The summed E-state index contributed by atoms with van der Waals surface area (Å²) in [5, 5.41) is 0. The Hall–Kier alpha value is -2.04. The van der Waals surface area contributed by atoms with Crippen LogP contribution in [0.15, 0.2) is 30.3 Å². The van der Waals surface area contributed by atoms with E-state index in [-0.39, 0.29) is 0 Å². The van der Waals surface area contributed by atoms with Crippen LogP contribution in [0.2, 0.25) is 0 Å². The molecule has 0 spiro atoms. The molecule has 1 heterocycles. The molecule has 1 saturated heterocycles. The first-order valence-corrected chi connectivity index (χ1v) is 3.99. The number of carbonyl (C=O) groups is 2. The summed E-state index contributed by atoms with van der Waals surface area (Å²) >= 11 is 0. The maximum absolute atomic E-state index is 11.2. The third-order valence-electron chi connectivity index (χ3n) is 1.79. The zero-order chi connectivity index (χ0) is 9.97. The molecule has 5 heteroatoms. The molecule has 0 bridgehead atoms. The van der Waals surface area contributed by atoms with E-state index in [9.17, 15) is 9.59 Å². The van der Waals surface area contributed by atoms with E-state index in [0.29, 0.717) is 5.56 Å². The molecule has 1 amide bonds. The minimum atomic E-state index is -0.919. The number of hydrogen-bond acceptors (Lipinski definition) is 4. The third-order valence-corrected chi connectivity index (χ3v) is 1.79. The number of nitrogens with one attached hydrogen (secondary N) is 1. The maximum atomic E-state index is 11.2. The number of hydrogen-bond donors (Lipinski definition) is 1. The van der Waals surface area contributed by atoms with E-state index in [1.807, 2.05) is 11.5 Å². The van der Waals surface area contributed by atoms with Gasteiger partial charge in [0.1, 0.15) is 0 Å². The highest BCUT2D eigenvalue weighted by Gasteiger charge is 2.31. The number of amides is 1.